The summed E-state index contributed by atoms with van der Waals surface area (Å²) in [6.07, 6.45) is 5.81. The Morgan fingerprint density at radius 2 is 1.75 bits per heavy atom. The molecule has 1 atom stereocenters. The third kappa shape index (κ3) is 2.84. The number of carbonyl (C=O) groups is 1. The molecule has 1 heterocycles. The fourth-order valence-electron chi connectivity index (χ4n) is 5.34. The summed E-state index contributed by atoms with van der Waals surface area (Å²) in [6, 6.07) is 18.7. The van der Waals surface area contributed by atoms with E-state index in [1.807, 2.05) is 12.1 Å². The largest absolute Gasteiger partial charge is 0.351 e. The zero-order chi connectivity index (χ0) is 19.0. The minimum Gasteiger partial charge on any atom is -0.351 e. The van der Waals surface area contributed by atoms with E-state index in [-0.39, 0.29) is 22.9 Å². The third-order valence-corrected chi connectivity index (χ3v) is 6.83. The summed E-state index contributed by atoms with van der Waals surface area (Å²) < 4.78 is 0. The van der Waals surface area contributed by atoms with Crippen molar-refractivity contribution >= 4 is 5.91 Å². The summed E-state index contributed by atoms with van der Waals surface area (Å²) in [4.78, 5) is 13.4. The molecule has 1 aliphatic heterocycles. The first kappa shape index (κ1) is 17.8. The molecule has 146 valence electrons. The van der Waals surface area contributed by atoms with Crippen LogP contribution in [-0.4, -0.2) is 5.91 Å². The minimum atomic E-state index is -0.342. The van der Waals surface area contributed by atoms with Gasteiger partial charge in [-0.2, -0.15) is 11.1 Å². The molecule has 2 aromatic carbocycles. The Kier molecular flexibility index (Phi) is 4.44. The highest BCUT2D eigenvalue weighted by Crippen LogP contribution is 2.72. The molecular weight excluding hydrogens is 350 g/mol. The Labute approximate surface area is 165 Å². The number of nitrogens with one attached hydrogen (secondary N) is 5. The molecule has 3 aliphatic rings. The Hall–Kier alpha value is -2.25. The van der Waals surface area contributed by atoms with E-state index in [9.17, 15) is 4.79 Å². The predicted molar refractivity (Wildman–Crippen MR) is 107 cm³/mol. The summed E-state index contributed by atoms with van der Waals surface area (Å²) in [5.41, 5.74) is 15.1. The molecule has 6 heteroatoms. The van der Waals surface area contributed by atoms with Crippen LogP contribution in [-0.2, 0) is 16.8 Å². The molecule has 6 nitrogen and oxygen atoms in total. The number of carbonyl (C=O) groups excluding carboxylic acids is 1. The minimum absolute atomic E-state index is 0.00324. The monoisotopic (exact) mass is 377 g/mol. The van der Waals surface area contributed by atoms with Crippen molar-refractivity contribution in [1.29, 1.82) is 0 Å². The number of hydrazine groups is 3. The van der Waals surface area contributed by atoms with Crippen molar-refractivity contribution in [2.75, 3.05) is 0 Å². The Bertz CT molecular complexity index is 858. The molecule has 28 heavy (non-hydrogen) atoms. The van der Waals surface area contributed by atoms with Gasteiger partial charge in [0.25, 0.3) is 0 Å². The Morgan fingerprint density at radius 3 is 2.50 bits per heavy atom. The first-order valence-corrected chi connectivity index (χ1v) is 10.2. The van der Waals surface area contributed by atoms with Gasteiger partial charge in [0, 0.05) is 6.54 Å². The highest BCUT2D eigenvalue weighted by atomic mass is 16.2. The number of benzene rings is 2. The summed E-state index contributed by atoms with van der Waals surface area (Å²) in [5, 5.41) is 3.26. The predicted octanol–water partition coefficient (Wildman–Crippen LogP) is 2.32. The highest BCUT2D eigenvalue weighted by Gasteiger charge is 2.72. The molecule has 2 aromatic rings. The van der Waals surface area contributed by atoms with Crippen molar-refractivity contribution in [2.45, 2.75) is 50.2 Å². The second-order valence-electron chi connectivity index (χ2n) is 8.33. The first-order chi connectivity index (χ1) is 13.7. The lowest BCUT2D eigenvalue weighted by Gasteiger charge is -2.23. The molecule has 1 amide bonds. The van der Waals surface area contributed by atoms with Gasteiger partial charge in [-0.05, 0) is 41.4 Å². The van der Waals surface area contributed by atoms with Crippen LogP contribution in [0, 0.1) is 5.41 Å². The maximum Gasteiger partial charge on any atom is 0.231 e. The van der Waals surface area contributed by atoms with Gasteiger partial charge in [-0.1, -0.05) is 67.4 Å². The molecule has 1 spiro atoms. The molecule has 1 saturated heterocycles. The highest BCUT2D eigenvalue weighted by molar-refractivity contribution is 5.93. The van der Waals surface area contributed by atoms with E-state index in [1.54, 1.807) is 0 Å². The van der Waals surface area contributed by atoms with Gasteiger partial charge in [-0.3, -0.25) is 4.79 Å². The van der Waals surface area contributed by atoms with Gasteiger partial charge < -0.3 is 5.32 Å². The molecule has 5 rings (SSSR count). The molecule has 5 N–H and O–H groups in total. The van der Waals surface area contributed by atoms with Crippen LogP contribution in [0.5, 0.6) is 0 Å². The lowest BCUT2D eigenvalue weighted by Crippen LogP contribution is -2.38. The number of rotatable bonds is 5. The van der Waals surface area contributed by atoms with Crippen molar-refractivity contribution < 1.29 is 4.79 Å². The van der Waals surface area contributed by atoms with Crippen molar-refractivity contribution in [2.24, 2.45) is 5.41 Å². The maximum absolute atomic E-state index is 13.4. The van der Waals surface area contributed by atoms with E-state index in [0.29, 0.717) is 6.54 Å². The Morgan fingerprint density at radius 1 is 1.00 bits per heavy atom. The third-order valence-electron chi connectivity index (χ3n) is 6.83. The normalized spacial score (nSPS) is 25.9. The maximum atomic E-state index is 13.4. The van der Waals surface area contributed by atoms with Crippen LogP contribution in [0.15, 0.2) is 54.6 Å². The molecule has 0 radical (unpaired) electrons. The van der Waals surface area contributed by atoms with E-state index in [1.165, 1.54) is 31.2 Å². The van der Waals surface area contributed by atoms with Gasteiger partial charge in [0.2, 0.25) is 5.91 Å². The summed E-state index contributed by atoms with van der Waals surface area (Å²) in [6.45, 7) is 0.547. The molecule has 2 saturated carbocycles. The number of hydrogen-bond donors (Lipinski definition) is 5. The average Bonchev–Trinajstić information content (AvgIpc) is 3.12. The first-order valence-electron chi connectivity index (χ1n) is 10.2. The van der Waals surface area contributed by atoms with Crippen molar-refractivity contribution in [3.05, 3.63) is 71.3 Å². The fraction of sp³-hybridized carbons (Fsp3) is 0.409. The second-order valence-corrected chi connectivity index (χ2v) is 8.33. The van der Waals surface area contributed by atoms with E-state index in [2.05, 4.69) is 69.7 Å². The molecule has 1 unspecified atom stereocenters. The van der Waals surface area contributed by atoms with Gasteiger partial charge in [0.1, 0.15) is 6.17 Å². The number of amides is 1. The Balaban J connectivity index is 1.34. The van der Waals surface area contributed by atoms with E-state index >= 15 is 0 Å². The quantitative estimate of drug-likeness (QED) is 0.553. The van der Waals surface area contributed by atoms with Crippen LogP contribution in [0.1, 0.15) is 55.0 Å². The average molecular weight is 377 g/mol. The fourth-order valence-corrected chi connectivity index (χ4v) is 5.34. The van der Waals surface area contributed by atoms with Crippen LogP contribution in [0.2, 0.25) is 0 Å². The molecule has 0 aromatic heterocycles. The SMILES string of the molecule is O=C(NCc1cccc(C2NNNN2)c1)C1(c2ccccc2)CC12CCCC2. The van der Waals surface area contributed by atoms with Gasteiger partial charge in [0.15, 0.2) is 0 Å². The van der Waals surface area contributed by atoms with Gasteiger partial charge in [-0.15, -0.1) is 0 Å². The summed E-state index contributed by atoms with van der Waals surface area (Å²) in [7, 11) is 0. The van der Waals surface area contributed by atoms with E-state index in [0.717, 1.165) is 17.5 Å². The van der Waals surface area contributed by atoms with E-state index < -0.39 is 0 Å². The standard InChI is InChI=1S/C22H27N5O/c28-20(23-14-16-7-6-8-17(13-16)19-24-26-27-25-19)22(18-9-2-1-3-10-18)15-21(22)11-4-5-12-21/h1-3,6-10,13,19,24-27H,4-5,11-12,14-15H2,(H,23,28). The zero-order valence-electron chi connectivity index (χ0n) is 15.9. The summed E-state index contributed by atoms with van der Waals surface area (Å²) in [5.74, 6) is 0.187. The molecular formula is C22H27N5O. The smallest absolute Gasteiger partial charge is 0.231 e. The van der Waals surface area contributed by atoms with Crippen LogP contribution in [0.3, 0.4) is 0 Å². The van der Waals surface area contributed by atoms with Gasteiger partial charge in [0.05, 0.1) is 5.41 Å². The topological polar surface area (TPSA) is 77.2 Å². The molecule has 0 bridgehead atoms. The lowest BCUT2D eigenvalue weighted by molar-refractivity contribution is -0.124. The van der Waals surface area contributed by atoms with Gasteiger partial charge in [-0.25, -0.2) is 10.9 Å². The molecule has 2 aliphatic carbocycles. The zero-order valence-corrected chi connectivity index (χ0v) is 15.9. The second kappa shape index (κ2) is 6.97. The van der Waals surface area contributed by atoms with E-state index in [4.69, 9.17) is 0 Å². The van der Waals surface area contributed by atoms with Crippen LogP contribution in [0.4, 0.5) is 0 Å². The van der Waals surface area contributed by atoms with Crippen molar-refractivity contribution in [3.8, 4) is 0 Å². The van der Waals surface area contributed by atoms with Crippen molar-refractivity contribution in [3.63, 3.8) is 0 Å². The van der Waals surface area contributed by atoms with Gasteiger partial charge >= 0.3 is 0 Å². The van der Waals surface area contributed by atoms with Crippen LogP contribution >= 0.6 is 0 Å². The molecule has 3 fully saturated rings. The van der Waals surface area contributed by atoms with Crippen molar-refractivity contribution in [1.82, 2.24) is 27.2 Å². The van der Waals surface area contributed by atoms with Crippen LogP contribution < -0.4 is 27.2 Å². The number of hydrogen-bond acceptors (Lipinski definition) is 5. The summed E-state index contributed by atoms with van der Waals surface area (Å²) >= 11 is 0. The lowest BCUT2D eigenvalue weighted by atomic mass is 9.84. The van der Waals surface area contributed by atoms with Crippen LogP contribution in [0.25, 0.3) is 0 Å².